The number of benzene rings is 3. The fraction of sp³-hybridized carbons (Fsp3) is 0.267. The van der Waals surface area contributed by atoms with Crippen molar-refractivity contribution < 1.29 is 9.53 Å². The maximum Gasteiger partial charge on any atom is 0.244 e. The van der Waals surface area contributed by atoms with Gasteiger partial charge in [-0.15, -0.1) is 0 Å². The molecule has 4 rings (SSSR count). The van der Waals surface area contributed by atoms with Crippen molar-refractivity contribution in [2.45, 2.75) is 45.7 Å². The van der Waals surface area contributed by atoms with Crippen molar-refractivity contribution in [3.05, 3.63) is 102 Å². The van der Waals surface area contributed by atoms with Crippen LogP contribution in [-0.4, -0.2) is 22.1 Å². The molecule has 0 atom stereocenters. The van der Waals surface area contributed by atoms with Crippen LogP contribution in [0.5, 0.6) is 5.75 Å². The van der Waals surface area contributed by atoms with Crippen molar-refractivity contribution in [3.63, 3.8) is 0 Å². The minimum absolute atomic E-state index is 0.129. The van der Waals surface area contributed by atoms with E-state index < -0.39 is 0 Å². The van der Waals surface area contributed by atoms with E-state index >= 15 is 0 Å². The van der Waals surface area contributed by atoms with Crippen LogP contribution in [0.2, 0.25) is 0 Å². The summed E-state index contributed by atoms with van der Waals surface area (Å²) in [4.78, 5) is 17.1. The number of para-hydroxylation sites is 2. The molecule has 4 aromatic rings. The van der Waals surface area contributed by atoms with Crippen molar-refractivity contribution in [3.8, 4) is 5.75 Å². The first-order chi connectivity index (χ1) is 16.9. The van der Waals surface area contributed by atoms with Gasteiger partial charge in [-0.05, 0) is 53.3 Å². The minimum Gasteiger partial charge on any atom is -0.494 e. The molecule has 0 aliphatic heterocycles. The molecule has 0 saturated carbocycles. The molecular formula is C30H33N3O2. The number of amides is 1. The Bertz CT molecular complexity index is 1280. The van der Waals surface area contributed by atoms with Crippen LogP contribution in [0.3, 0.4) is 0 Å². The first kappa shape index (κ1) is 24.3. The molecule has 0 radical (unpaired) electrons. The highest BCUT2D eigenvalue weighted by Gasteiger charge is 2.13. The van der Waals surface area contributed by atoms with E-state index in [2.05, 4.69) is 48.9 Å². The number of fused-ring (bicyclic) bond motifs is 1. The van der Waals surface area contributed by atoms with Gasteiger partial charge in [0.15, 0.2) is 0 Å². The molecule has 1 heterocycles. The zero-order valence-electron chi connectivity index (χ0n) is 20.7. The first-order valence-electron chi connectivity index (χ1n) is 12.1. The number of nitrogens with zero attached hydrogens (tertiary/aromatic N) is 2. The maximum absolute atomic E-state index is 12.4. The second-order valence-corrected chi connectivity index (χ2v) is 9.61. The molecule has 180 valence electrons. The van der Waals surface area contributed by atoms with Gasteiger partial charge in [-0.2, -0.15) is 0 Å². The van der Waals surface area contributed by atoms with E-state index in [4.69, 9.17) is 9.72 Å². The second kappa shape index (κ2) is 11.0. The van der Waals surface area contributed by atoms with Crippen LogP contribution in [0, 0.1) is 0 Å². The van der Waals surface area contributed by atoms with Crippen molar-refractivity contribution in [1.29, 1.82) is 0 Å². The highest BCUT2D eigenvalue weighted by Crippen LogP contribution is 2.24. The van der Waals surface area contributed by atoms with Crippen molar-refractivity contribution in [2.75, 3.05) is 6.61 Å². The van der Waals surface area contributed by atoms with Gasteiger partial charge in [-0.3, -0.25) is 4.79 Å². The van der Waals surface area contributed by atoms with Crippen molar-refractivity contribution in [2.24, 2.45) is 0 Å². The molecule has 5 nitrogen and oxygen atoms in total. The molecule has 3 aromatic carbocycles. The maximum atomic E-state index is 12.4. The van der Waals surface area contributed by atoms with Crippen LogP contribution in [0.1, 0.15) is 44.1 Å². The molecule has 35 heavy (non-hydrogen) atoms. The van der Waals surface area contributed by atoms with Crippen LogP contribution in [0.4, 0.5) is 0 Å². The minimum atomic E-state index is -0.144. The number of nitrogens with one attached hydrogen (secondary N) is 1. The van der Waals surface area contributed by atoms with Crippen molar-refractivity contribution in [1.82, 2.24) is 14.9 Å². The zero-order valence-corrected chi connectivity index (χ0v) is 20.7. The van der Waals surface area contributed by atoms with Gasteiger partial charge >= 0.3 is 0 Å². The largest absolute Gasteiger partial charge is 0.494 e. The van der Waals surface area contributed by atoms with E-state index in [1.54, 1.807) is 6.08 Å². The molecule has 0 aliphatic rings. The Morgan fingerprint density at radius 1 is 0.971 bits per heavy atom. The van der Waals surface area contributed by atoms with E-state index in [-0.39, 0.29) is 11.3 Å². The number of carbonyl (C=O) groups excluding carboxylic acids is 1. The summed E-state index contributed by atoms with van der Waals surface area (Å²) in [6.07, 6.45) is 4.20. The lowest BCUT2D eigenvalue weighted by atomic mass is 9.87. The molecule has 0 bridgehead atoms. The SMILES string of the molecule is CC(C)(C)c1ccc(OCCCn2c(CNC(=O)/C=C\c3ccccc3)nc3ccccc32)cc1. The molecule has 0 saturated heterocycles. The van der Waals surface area contributed by atoms with E-state index in [0.29, 0.717) is 13.2 Å². The number of ether oxygens (including phenoxy) is 1. The van der Waals surface area contributed by atoms with Gasteiger partial charge in [-0.25, -0.2) is 4.98 Å². The lowest BCUT2D eigenvalue weighted by Crippen LogP contribution is -2.23. The summed E-state index contributed by atoms with van der Waals surface area (Å²) in [5, 5.41) is 2.96. The first-order valence-corrected chi connectivity index (χ1v) is 12.1. The number of imidazole rings is 1. The van der Waals surface area contributed by atoms with Gasteiger partial charge in [0, 0.05) is 12.6 Å². The van der Waals surface area contributed by atoms with Gasteiger partial charge in [0.25, 0.3) is 0 Å². The Labute approximate surface area is 207 Å². The Hall–Kier alpha value is -3.86. The summed E-state index contributed by atoms with van der Waals surface area (Å²) < 4.78 is 8.15. The predicted octanol–water partition coefficient (Wildman–Crippen LogP) is 6.13. The van der Waals surface area contributed by atoms with Gasteiger partial charge in [0.2, 0.25) is 5.91 Å². The summed E-state index contributed by atoms with van der Waals surface area (Å²) in [6, 6.07) is 26.2. The zero-order chi connectivity index (χ0) is 24.7. The lowest BCUT2D eigenvalue weighted by molar-refractivity contribution is -0.116. The smallest absolute Gasteiger partial charge is 0.244 e. The quantitative estimate of drug-likeness (QED) is 0.238. The van der Waals surface area contributed by atoms with Gasteiger partial charge in [0.05, 0.1) is 24.2 Å². The average molecular weight is 468 g/mol. The number of carbonyl (C=O) groups is 1. The van der Waals surface area contributed by atoms with Crippen LogP contribution in [0.25, 0.3) is 17.1 Å². The molecular weight excluding hydrogens is 434 g/mol. The lowest BCUT2D eigenvalue weighted by Gasteiger charge is -2.19. The monoisotopic (exact) mass is 467 g/mol. The molecule has 0 spiro atoms. The van der Waals surface area contributed by atoms with Gasteiger partial charge < -0.3 is 14.6 Å². The average Bonchev–Trinajstić information content (AvgIpc) is 3.22. The Morgan fingerprint density at radius 2 is 1.69 bits per heavy atom. The summed E-state index contributed by atoms with van der Waals surface area (Å²) in [5.74, 6) is 1.57. The van der Waals surface area contributed by atoms with Gasteiger partial charge in [-0.1, -0.05) is 75.4 Å². The summed E-state index contributed by atoms with van der Waals surface area (Å²) in [5.41, 5.74) is 4.40. The molecule has 1 amide bonds. The highest BCUT2D eigenvalue weighted by atomic mass is 16.5. The summed E-state index contributed by atoms with van der Waals surface area (Å²) >= 11 is 0. The van der Waals surface area contributed by atoms with Crippen LogP contribution < -0.4 is 10.1 Å². The molecule has 0 fully saturated rings. The fourth-order valence-corrected chi connectivity index (χ4v) is 3.93. The van der Waals surface area contributed by atoms with Crippen LogP contribution in [0.15, 0.2) is 84.9 Å². The Morgan fingerprint density at radius 3 is 2.43 bits per heavy atom. The molecule has 0 aliphatic carbocycles. The normalized spacial score (nSPS) is 11.7. The van der Waals surface area contributed by atoms with Gasteiger partial charge in [0.1, 0.15) is 11.6 Å². The topological polar surface area (TPSA) is 56.1 Å². The number of rotatable bonds is 9. The third kappa shape index (κ3) is 6.60. The third-order valence-corrected chi connectivity index (χ3v) is 5.90. The number of hydrogen-bond acceptors (Lipinski definition) is 3. The highest BCUT2D eigenvalue weighted by molar-refractivity contribution is 5.91. The van der Waals surface area contributed by atoms with E-state index in [1.807, 2.05) is 66.7 Å². The molecule has 1 aromatic heterocycles. The fourth-order valence-electron chi connectivity index (χ4n) is 3.93. The summed E-state index contributed by atoms with van der Waals surface area (Å²) in [6.45, 7) is 8.34. The second-order valence-electron chi connectivity index (χ2n) is 9.61. The molecule has 1 N–H and O–H groups in total. The Kier molecular flexibility index (Phi) is 7.66. The van der Waals surface area contributed by atoms with E-state index in [9.17, 15) is 4.79 Å². The van der Waals surface area contributed by atoms with E-state index in [1.165, 1.54) is 5.56 Å². The number of aromatic nitrogens is 2. The Balaban J connectivity index is 1.36. The third-order valence-electron chi connectivity index (χ3n) is 5.90. The van der Waals surface area contributed by atoms with Crippen LogP contribution in [-0.2, 0) is 23.3 Å². The van der Waals surface area contributed by atoms with Crippen molar-refractivity contribution >= 4 is 23.0 Å². The standard InChI is InChI=1S/C30H33N3O2/c1-30(2,3)24-15-17-25(18-16-24)35-21-9-20-33-27-13-8-7-12-26(27)32-28(33)22-31-29(34)19-14-23-10-5-4-6-11-23/h4-8,10-19H,9,20-22H2,1-3H3,(H,31,34)/b19-14-. The molecule has 5 heteroatoms. The summed E-state index contributed by atoms with van der Waals surface area (Å²) in [7, 11) is 0. The predicted molar refractivity (Wildman–Crippen MR) is 142 cm³/mol. The van der Waals surface area contributed by atoms with Crippen LogP contribution >= 0.6 is 0 Å². The number of hydrogen-bond donors (Lipinski definition) is 1. The van der Waals surface area contributed by atoms with E-state index in [0.717, 1.165) is 41.1 Å². The molecule has 0 unspecified atom stereocenters. The number of aryl methyl sites for hydroxylation is 1.